The van der Waals surface area contributed by atoms with E-state index in [9.17, 15) is 9.59 Å². The maximum Gasteiger partial charge on any atom is 0.320 e. The number of esters is 1. The van der Waals surface area contributed by atoms with Crippen molar-refractivity contribution in [1.29, 1.82) is 0 Å². The van der Waals surface area contributed by atoms with Crippen molar-refractivity contribution in [3.8, 4) is 0 Å². The highest BCUT2D eigenvalue weighted by Gasteiger charge is 2.10. The molecule has 0 aliphatic carbocycles. The predicted octanol–water partition coefficient (Wildman–Crippen LogP) is 2.87. The molecule has 0 aliphatic heterocycles. The summed E-state index contributed by atoms with van der Waals surface area (Å²) in [6, 6.07) is 8.85. The van der Waals surface area contributed by atoms with Gasteiger partial charge in [0.25, 0.3) is 0 Å². The van der Waals surface area contributed by atoms with Crippen LogP contribution in [0.5, 0.6) is 0 Å². The van der Waals surface area contributed by atoms with Gasteiger partial charge in [0.1, 0.15) is 12.6 Å². The second kappa shape index (κ2) is 10.8. The van der Waals surface area contributed by atoms with Crippen LogP contribution in [-0.4, -0.2) is 23.1 Å². The number of hydrogen-bond acceptors (Lipinski definition) is 4. The van der Waals surface area contributed by atoms with Crippen LogP contribution in [0.25, 0.3) is 0 Å². The molecule has 0 saturated heterocycles. The van der Waals surface area contributed by atoms with Gasteiger partial charge in [0, 0.05) is 6.42 Å². The number of rotatable bonds is 11. The minimum Gasteiger partial charge on any atom is -0.480 e. The zero-order valence-electron chi connectivity index (χ0n) is 12.9. The van der Waals surface area contributed by atoms with E-state index < -0.39 is 12.0 Å². The van der Waals surface area contributed by atoms with Gasteiger partial charge >= 0.3 is 11.9 Å². The van der Waals surface area contributed by atoms with Gasteiger partial charge in [-0.25, -0.2) is 0 Å². The summed E-state index contributed by atoms with van der Waals surface area (Å²) in [6.45, 7) is 0.326. The Kier molecular flexibility index (Phi) is 8.91. The van der Waals surface area contributed by atoms with Gasteiger partial charge in [0.2, 0.25) is 0 Å². The fraction of sp³-hybridized carbons (Fsp3) is 0.529. The topological polar surface area (TPSA) is 89.6 Å². The summed E-state index contributed by atoms with van der Waals surface area (Å²) in [6.07, 6.45) is 5.43. The number of aliphatic carboxylic acids is 1. The fourth-order valence-corrected chi connectivity index (χ4v) is 2.10. The third-order valence-corrected chi connectivity index (χ3v) is 3.46. The van der Waals surface area contributed by atoms with Gasteiger partial charge in [0.15, 0.2) is 0 Å². The third-order valence-electron chi connectivity index (χ3n) is 3.46. The molecule has 5 nitrogen and oxygen atoms in total. The summed E-state index contributed by atoms with van der Waals surface area (Å²) in [5, 5.41) is 8.64. The van der Waals surface area contributed by atoms with Gasteiger partial charge in [-0.15, -0.1) is 0 Å². The molecule has 1 atom stereocenters. The fourth-order valence-electron chi connectivity index (χ4n) is 2.10. The first-order valence-electron chi connectivity index (χ1n) is 7.77. The Morgan fingerprint density at radius 3 is 2.36 bits per heavy atom. The number of ether oxygens (including phenoxy) is 1. The molecule has 3 N–H and O–H groups in total. The number of nitrogens with two attached hydrogens (primary N) is 1. The molecular weight excluding hydrogens is 282 g/mol. The van der Waals surface area contributed by atoms with Gasteiger partial charge in [0.05, 0.1) is 0 Å². The molecule has 5 heteroatoms. The van der Waals surface area contributed by atoms with Crippen LogP contribution in [0.15, 0.2) is 30.3 Å². The first-order valence-corrected chi connectivity index (χ1v) is 7.77. The van der Waals surface area contributed by atoms with Gasteiger partial charge < -0.3 is 15.6 Å². The average Bonchev–Trinajstić information content (AvgIpc) is 2.52. The van der Waals surface area contributed by atoms with Crippen molar-refractivity contribution in [2.24, 2.45) is 5.73 Å². The lowest BCUT2D eigenvalue weighted by Crippen LogP contribution is -2.29. The lowest BCUT2D eigenvalue weighted by Gasteiger charge is -2.06. The van der Waals surface area contributed by atoms with Crippen LogP contribution >= 0.6 is 0 Å². The van der Waals surface area contributed by atoms with E-state index in [0.29, 0.717) is 19.4 Å². The molecule has 0 amide bonds. The summed E-state index contributed by atoms with van der Waals surface area (Å²) in [5.74, 6) is -1.11. The molecule has 1 aromatic carbocycles. The number of benzene rings is 1. The number of unbranched alkanes of at least 4 members (excludes halogenated alkanes) is 4. The van der Waals surface area contributed by atoms with Gasteiger partial charge in [-0.05, 0) is 18.4 Å². The summed E-state index contributed by atoms with van der Waals surface area (Å²) in [7, 11) is 0. The maximum absolute atomic E-state index is 11.6. The molecule has 0 bridgehead atoms. The average molecular weight is 307 g/mol. The minimum atomic E-state index is -0.943. The third kappa shape index (κ3) is 8.42. The zero-order chi connectivity index (χ0) is 16.2. The highest BCUT2D eigenvalue weighted by molar-refractivity contribution is 5.72. The van der Waals surface area contributed by atoms with Crippen LogP contribution < -0.4 is 5.73 Å². The number of carboxylic acids is 1. The molecular formula is C17H25NO4. The highest BCUT2D eigenvalue weighted by atomic mass is 16.5. The second-order valence-electron chi connectivity index (χ2n) is 5.40. The van der Waals surface area contributed by atoms with Crippen molar-refractivity contribution >= 4 is 11.9 Å². The Labute approximate surface area is 131 Å². The van der Waals surface area contributed by atoms with Crippen molar-refractivity contribution in [3.63, 3.8) is 0 Å². The largest absolute Gasteiger partial charge is 0.480 e. The number of hydrogen-bond donors (Lipinski definition) is 2. The van der Waals surface area contributed by atoms with E-state index in [4.69, 9.17) is 15.6 Å². The van der Waals surface area contributed by atoms with Gasteiger partial charge in [-0.3, -0.25) is 9.59 Å². The van der Waals surface area contributed by atoms with Crippen LogP contribution in [0, 0.1) is 0 Å². The van der Waals surface area contributed by atoms with E-state index in [0.717, 1.165) is 37.7 Å². The van der Waals surface area contributed by atoms with Crippen molar-refractivity contribution in [2.75, 3.05) is 0 Å². The van der Waals surface area contributed by atoms with Crippen LogP contribution in [-0.2, 0) is 20.9 Å². The number of carbonyl (C=O) groups is 2. The lowest BCUT2D eigenvalue weighted by atomic mass is 10.1. The summed E-state index contributed by atoms with van der Waals surface area (Å²) in [5.41, 5.74) is 6.41. The van der Waals surface area contributed by atoms with Crippen molar-refractivity contribution in [2.45, 2.75) is 57.6 Å². The first kappa shape index (κ1) is 18.2. The molecule has 122 valence electrons. The highest BCUT2D eigenvalue weighted by Crippen LogP contribution is 2.09. The number of carbonyl (C=O) groups excluding carboxylic acids is 1. The molecule has 0 spiro atoms. The second-order valence-corrected chi connectivity index (χ2v) is 5.40. The summed E-state index contributed by atoms with van der Waals surface area (Å²) < 4.78 is 5.19. The van der Waals surface area contributed by atoms with Crippen LogP contribution in [0.1, 0.15) is 50.5 Å². The predicted molar refractivity (Wildman–Crippen MR) is 84.2 cm³/mol. The Morgan fingerprint density at radius 1 is 1.05 bits per heavy atom. The van der Waals surface area contributed by atoms with Crippen molar-refractivity contribution < 1.29 is 19.4 Å². The molecule has 0 aliphatic rings. The molecule has 22 heavy (non-hydrogen) atoms. The Balaban J connectivity index is 1.96. The molecule has 1 aromatic rings. The zero-order valence-corrected chi connectivity index (χ0v) is 12.9. The van der Waals surface area contributed by atoms with Gasteiger partial charge in [-0.1, -0.05) is 56.0 Å². The molecule has 0 aromatic heterocycles. The van der Waals surface area contributed by atoms with Crippen molar-refractivity contribution in [3.05, 3.63) is 35.9 Å². The van der Waals surface area contributed by atoms with Crippen LogP contribution in [0.3, 0.4) is 0 Å². The Hall–Kier alpha value is -1.88. The maximum atomic E-state index is 11.6. The molecule has 1 rings (SSSR count). The van der Waals surface area contributed by atoms with E-state index >= 15 is 0 Å². The minimum absolute atomic E-state index is 0.170. The monoisotopic (exact) mass is 307 g/mol. The summed E-state index contributed by atoms with van der Waals surface area (Å²) in [4.78, 5) is 22.1. The van der Waals surface area contributed by atoms with E-state index in [1.807, 2.05) is 30.3 Å². The van der Waals surface area contributed by atoms with E-state index in [1.54, 1.807) is 0 Å². The quantitative estimate of drug-likeness (QED) is 0.484. The first-order chi connectivity index (χ1) is 10.6. The van der Waals surface area contributed by atoms with E-state index in [-0.39, 0.29) is 5.97 Å². The normalized spacial score (nSPS) is 11.9. The van der Waals surface area contributed by atoms with Crippen LogP contribution in [0.4, 0.5) is 0 Å². The lowest BCUT2D eigenvalue weighted by molar-refractivity contribution is -0.145. The molecule has 0 radical (unpaired) electrons. The van der Waals surface area contributed by atoms with E-state index in [1.165, 1.54) is 0 Å². The van der Waals surface area contributed by atoms with Crippen LogP contribution in [0.2, 0.25) is 0 Å². The standard InChI is InChI=1S/C17H25NO4/c18-15(17(20)21)11-7-2-1-3-8-12-16(19)22-13-14-9-5-4-6-10-14/h4-6,9-10,15H,1-3,7-8,11-13,18H2,(H,20,21)/t15-/m0/s1. The molecule has 0 unspecified atom stereocenters. The number of carboxylic acid groups (broad SMARTS) is 1. The molecule has 0 fully saturated rings. The van der Waals surface area contributed by atoms with Crippen molar-refractivity contribution in [1.82, 2.24) is 0 Å². The summed E-state index contributed by atoms with van der Waals surface area (Å²) >= 11 is 0. The van der Waals surface area contributed by atoms with Gasteiger partial charge in [-0.2, -0.15) is 0 Å². The molecule has 0 saturated carbocycles. The Morgan fingerprint density at radius 2 is 1.68 bits per heavy atom. The molecule has 0 heterocycles. The Bertz CT molecular complexity index is 447. The van der Waals surface area contributed by atoms with E-state index in [2.05, 4.69) is 0 Å². The SMILES string of the molecule is N[C@@H](CCCCCCCC(=O)OCc1ccccc1)C(=O)O. The smallest absolute Gasteiger partial charge is 0.320 e.